The molecule has 1 unspecified atom stereocenters. The molecule has 1 fully saturated rings. The lowest BCUT2D eigenvalue weighted by atomic mass is 9.83. The highest BCUT2D eigenvalue weighted by molar-refractivity contribution is 5.99. The predicted octanol–water partition coefficient (Wildman–Crippen LogP) is 2.23. The molecule has 5 heteroatoms. The molecule has 1 amide bonds. The number of carboxylic acid groups (broad SMARTS) is 1. The molecule has 1 aliphatic rings. The summed E-state index contributed by atoms with van der Waals surface area (Å²) in [5.41, 5.74) is 6.14. The van der Waals surface area contributed by atoms with Crippen molar-refractivity contribution in [3.05, 3.63) is 29.8 Å². The Bertz CT molecular complexity index is 496. The van der Waals surface area contributed by atoms with Gasteiger partial charge in [0.05, 0.1) is 5.56 Å². The van der Waals surface area contributed by atoms with Crippen LogP contribution in [0, 0.1) is 5.92 Å². The number of hydrogen-bond donors (Lipinski definition) is 3. The molecule has 1 atom stereocenters. The van der Waals surface area contributed by atoms with Crippen molar-refractivity contribution in [2.45, 2.75) is 38.1 Å². The Balaban J connectivity index is 2.20. The van der Waals surface area contributed by atoms with Gasteiger partial charge in [-0.3, -0.25) is 4.79 Å². The van der Waals surface area contributed by atoms with E-state index in [2.05, 4.69) is 5.32 Å². The number of benzene rings is 1. The molecule has 1 saturated carbocycles. The minimum atomic E-state index is -0.879. The molecule has 108 valence electrons. The van der Waals surface area contributed by atoms with Crippen molar-refractivity contribution in [2.75, 3.05) is 5.32 Å². The van der Waals surface area contributed by atoms with Crippen LogP contribution in [0.2, 0.25) is 0 Å². The molecule has 1 aromatic rings. The minimum absolute atomic E-state index is 0.0992. The van der Waals surface area contributed by atoms with Gasteiger partial charge in [-0.2, -0.15) is 0 Å². The second-order valence-corrected chi connectivity index (χ2v) is 5.27. The van der Waals surface area contributed by atoms with E-state index in [-0.39, 0.29) is 5.92 Å². The van der Waals surface area contributed by atoms with E-state index in [0.29, 0.717) is 11.3 Å². The number of hydrogen-bond acceptors (Lipinski definition) is 3. The van der Waals surface area contributed by atoms with Gasteiger partial charge in [0.25, 0.3) is 5.91 Å². The SMILES string of the molecule is NC(=O)c1ccccc1NC(C(=O)O)C1CCCCC1. The summed E-state index contributed by atoms with van der Waals surface area (Å²) in [6.07, 6.45) is 5.10. The van der Waals surface area contributed by atoms with E-state index < -0.39 is 17.9 Å². The Morgan fingerprint density at radius 1 is 1.20 bits per heavy atom. The summed E-state index contributed by atoms with van der Waals surface area (Å²) >= 11 is 0. The van der Waals surface area contributed by atoms with Gasteiger partial charge in [0.2, 0.25) is 0 Å². The standard InChI is InChI=1S/C15H20N2O3/c16-14(18)11-8-4-5-9-12(11)17-13(15(19)20)10-6-2-1-3-7-10/h4-5,8-10,13,17H,1-3,6-7H2,(H2,16,18)(H,19,20). The third kappa shape index (κ3) is 3.29. The molecule has 1 aliphatic carbocycles. The third-order valence-electron chi connectivity index (χ3n) is 3.89. The first-order chi connectivity index (χ1) is 9.59. The number of carboxylic acids is 1. The van der Waals surface area contributed by atoms with Crippen molar-refractivity contribution < 1.29 is 14.7 Å². The van der Waals surface area contributed by atoms with Crippen LogP contribution >= 0.6 is 0 Å². The first kappa shape index (κ1) is 14.4. The molecule has 0 bridgehead atoms. The van der Waals surface area contributed by atoms with Gasteiger partial charge in [-0.05, 0) is 30.9 Å². The maximum atomic E-state index is 11.5. The van der Waals surface area contributed by atoms with Crippen LogP contribution in [0.25, 0.3) is 0 Å². The number of primary amides is 1. The van der Waals surface area contributed by atoms with Crippen molar-refractivity contribution >= 4 is 17.6 Å². The maximum Gasteiger partial charge on any atom is 0.326 e. The molecule has 2 rings (SSSR count). The molecule has 1 aromatic carbocycles. The minimum Gasteiger partial charge on any atom is -0.480 e. The van der Waals surface area contributed by atoms with Crippen LogP contribution in [0.3, 0.4) is 0 Å². The monoisotopic (exact) mass is 276 g/mol. The molecular formula is C15H20N2O3. The van der Waals surface area contributed by atoms with Gasteiger partial charge in [0, 0.05) is 5.69 Å². The zero-order valence-electron chi connectivity index (χ0n) is 11.3. The summed E-state index contributed by atoms with van der Waals surface area (Å²) in [5, 5.41) is 12.4. The Morgan fingerprint density at radius 3 is 2.45 bits per heavy atom. The highest BCUT2D eigenvalue weighted by Gasteiger charge is 2.29. The van der Waals surface area contributed by atoms with Crippen molar-refractivity contribution in [1.82, 2.24) is 0 Å². The summed E-state index contributed by atoms with van der Waals surface area (Å²) < 4.78 is 0. The molecule has 5 nitrogen and oxygen atoms in total. The topological polar surface area (TPSA) is 92.4 Å². The molecule has 4 N–H and O–H groups in total. The highest BCUT2D eigenvalue weighted by atomic mass is 16.4. The number of carbonyl (C=O) groups is 2. The fourth-order valence-electron chi connectivity index (χ4n) is 2.84. The Kier molecular flexibility index (Phi) is 4.61. The average molecular weight is 276 g/mol. The molecule has 0 radical (unpaired) electrons. The Morgan fingerprint density at radius 2 is 1.85 bits per heavy atom. The van der Waals surface area contributed by atoms with Crippen LogP contribution in [0.4, 0.5) is 5.69 Å². The summed E-state index contributed by atoms with van der Waals surface area (Å²) in [5.74, 6) is -1.33. The highest BCUT2D eigenvalue weighted by Crippen LogP contribution is 2.29. The molecule has 0 aromatic heterocycles. The van der Waals surface area contributed by atoms with Crippen molar-refractivity contribution in [3.8, 4) is 0 Å². The van der Waals surface area contributed by atoms with E-state index in [0.717, 1.165) is 25.7 Å². The van der Waals surface area contributed by atoms with Gasteiger partial charge in [-0.25, -0.2) is 4.79 Å². The summed E-state index contributed by atoms with van der Waals surface area (Å²) in [6.45, 7) is 0. The van der Waals surface area contributed by atoms with Crippen LogP contribution in [0.5, 0.6) is 0 Å². The lowest BCUT2D eigenvalue weighted by molar-refractivity contribution is -0.139. The molecule has 0 aliphatic heterocycles. The van der Waals surface area contributed by atoms with Crippen molar-refractivity contribution in [1.29, 1.82) is 0 Å². The van der Waals surface area contributed by atoms with E-state index >= 15 is 0 Å². The normalized spacial score (nSPS) is 17.4. The van der Waals surface area contributed by atoms with E-state index in [9.17, 15) is 14.7 Å². The number of anilines is 1. The van der Waals surface area contributed by atoms with Crippen molar-refractivity contribution in [2.24, 2.45) is 11.7 Å². The van der Waals surface area contributed by atoms with E-state index in [1.807, 2.05) is 0 Å². The fourth-order valence-corrected chi connectivity index (χ4v) is 2.84. The van der Waals surface area contributed by atoms with Crippen LogP contribution in [0.15, 0.2) is 24.3 Å². The Hall–Kier alpha value is -2.04. The van der Waals surface area contributed by atoms with Crippen LogP contribution < -0.4 is 11.1 Å². The van der Waals surface area contributed by atoms with Crippen LogP contribution in [-0.2, 0) is 4.79 Å². The van der Waals surface area contributed by atoms with Gasteiger partial charge < -0.3 is 16.2 Å². The van der Waals surface area contributed by atoms with Crippen LogP contribution in [-0.4, -0.2) is 23.0 Å². The zero-order valence-corrected chi connectivity index (χ0v) is 11.3. The van der Waals surface area contributed by atoms with Gasteiger partial charge in [-0.15, -0.1) is 0 Å². The molecule has 20 heavy (non-hydrogen) atoms. The number of amides is 1. The lowest BCUT2D eigenvalue weighted by Crippen LogP contribution is -2.38. The second kappa shape index (κ2) is 6.41. The van der Waals surface area contributed by atoms with E-state index in [1.165, 1.54) is 6.42 Å². The predicted molar refractivity (Wildman–Crippen MR) is 76.6 cm³/mol. The third-order valence-corrected chi connectivity index (χ3v) is 3.89. The van der Waals surface area contributed by atoms with Crippen LogP contribution in [0.1, 0.15) is 42.5 Å². The van der Waals surface area contributed by atoms with Gasteiger partial charge >= 0.3 is 5.97 Å². The summed E-state index contributed by atoms with van der Waals surface area (Å²) in [7, 11) is 0. The largest absolute Gasteiger partial charge is 0.480 e. The number of nitrogens with one attached hydrogen (secondary N) is 1. The number of aliphatic carboxylic acids is 1. The maximum absolute atomic E-state index is 11.5. The first-order valence-electron chi connectivity index (χ1n) is 6.98. The van der Waals surface area contributed by atoms with Gasteiger partial charge in [0.1, 0.15) is 6.04 Å². The molecule has 0 spiro atoms. The summed E-state index contributed by atoms with van der Waals surface area (Å²) in [6, 6.07) is 6.09. The lowest BCUT2D eigenvalue weighted by Gasteiger charge is -2.29. The van der Waals surface area contributed by atoms with E-state index in [1.54, 1.807) is 24.3 Å². The molecule has 0 heterocycles. The quantitative estimate of drug-likeness (QED) is 0.769. The Labute approximate surface area is 118 Å². The number of carbonyl (C=O) groups excluding carboxylic acids is 1. The summed E-state index contributed by atoms with van der Waals surface area (Å²) in [4.78, 5) is 22.9. The van der Waals surface area contributed by atoms with E-state index in [4.69, 9.17) is 5.73 Å². The van der Waals surface area contributed by atoms with Gasteiger partial charge in [-0.1, -0.05) is 31.4 Å². The zero-order chi connectivity index (χ0) is 14.5. The van der Waals surface area contributed by atoms with Crippen molar-refractivity contribution in [3.63, 3.8) is 0 Å². The number of rotatable bonds is 5. The second-order valence-electron chi connectivity index (χ2n) is 5.27. The first-order valence-corrected chi connectivity index (χ1v) is 6.98. The average Bonchev–Trinajstić information content (AvgIpc) is 2.45. The molecule has 0 saturated heterocycles. The molecular weight excluding hydrogens is 256 g/mol. The van der Waals surface area contributed by atoms with Gasteiger partial charge in [0.15, 0.2) is 0 Å². The smallest absolute Gasteiger partial charge is 0.326 e. The number of nitrogens with two attached hydrogens (primary N) is 1. The fraction of sp³-hybridized carbons (Fsp3) is 0.467. The number of para-hydroxylation sites is 1.